The number of nitrogen functional groups attached to an aromatic ring is 1. The highest BCUT2D eigenvalue weighted by atomic mass is 16.6. The lowest BCUT2D eigenvalue weighted by Crippen LogP contribution is -2.12. The number of nitro groups is 1. The molecule has 0 aliphatic rings. The maximum atomic E-state index is 13.5. The van der Waals surface area contributed by atoms with Crippen LogP contribution >= 0.6 is 0 Å². The van der Waals surface area contributed by atoms with Crippen molar-refractivity contribution < 1.29 is 24.0 Å². The average Bonchev–Trinajstić information content (AvgIpc) is 3.09. The van der Waals surface area contributed by atoms with Crippen molar-refractivity contribution in [2.75, 3.05) is 12.8 Å². The summed E-state index contributed by atoms with van der Waals surface area (Å²) in [5.41, 5.74) is 8.25. The number of anilines is 1. The number of hydrogen-bond donors (Lipinski definition) is 1. The number of pyridine rings is 1. The summed E-state index contributed by atoms with van der Waals surface area (Å²) in [7, 11) is 1.29. The van der Waals surface area contributed by atoms with Crippen molar-refractivity contribution in [3.8, 4) is 11.5 Å². The van der Waals surface area contributed by atoms with Gasteiger partial charge in [-0.15, -0.1) is 0 Å². The van der Waals surface area contributed by atoms with E-state index in [1.165, 1.54) is 25.3 Å². The quantitative estimate of drug-likeness (QED) is 0.191. The highest BCUT2D eigenvalue weighted by molar-refractivity contribution is 6.11. The van der Waals surface area contributed by atoms with Crippen molar-refractivity contribution in [3.05, 3.63) is 99.4 Å². The van der Waals surface area contributed by atoms with E-state index in [9.17, 15) is 19.7 Å². The highest BCUT2D eigenvalue weighted by Crippen LogP contribution is 2.35. The van der Waals surface area contributed by atoms with Crippen LogP contribution in [-0.2, 0) is 11.2 Å². The zero-order valence-corrected chi connectivity index (χ0v) is 18.5. The van der Waals surface area contributed by atoms with Gasteiger partial charge in [0.25, 0.3) is 0 Å². The second kappa shape index (κ2) is 9.07. The van der Waals surface area contributed by atoms with Gasteiger partial charge in [-0.3, -0.25) is 19.7 Å². The van der Waals surface area contributed by atoms with Gasteiger partial charge < -0.3 is 19.6 Å². The first-order valence-corrected chi connectivity index (χ1v) is 10.3. The van der Waals surface area contributed by atoms with Crippen LogP contribution in [0.1, 0.15) is 27.2 Å². The van der Waals surface area contributed by atoms with Crippen LogP contribution < -0.4 is 15.2 Å². The molecule has 0 amide bonds. The maximum absolute atomic E-state index is 13.5. The van der Waals surface area contributed by atoms with Gasteiger partial charge in [-0.2, -0.15) is 0 Å². The Morgan fingerprint density at radius 3 is 2.50 bits per heavy atom. The third-order valence-corrected chi connectivity index (χ3v) is 5.41. The van der Waals surface area contributed by atoms with Gasteiger partial charge in [0.1, 0.15) is 5.69 Å². The summed E-state index contributed by atoms with van der Waals surface area (Å²) in [4.78, 5) is 36.8. The Hall–Kier alpha value is -4.66. The number of nitro benzene ring substituents is 1. The number of carbonyl (C=O) groups is 2. The molecule has 2 aromatic heterocycles. The number of hydrogen-bond acceptors (Lipinski definition) is 7. The minimum atomic E-state index is -0.585. The molecule has 0 unspecified atom stereocenters. The third kappa shape index (κ3) is 4.18. The lowest BCUT2D eigenvalue weighted by molar-refractivity contribution is -0.385. The molecule has 4 rings (SSSR count). The zero-order chi connectivity index (χ0) is 24.4. The van der Waals surface area contributed by atoms with E-state index < -0.39 is 16.7 Å². The Balaban J connectivity index is 1.77. The minimum Gasteiger partial charge on any atom is -0.490 e. The first-order valence-electron chi connectivity index (χ1n) is 10.3. The molecule has 0 aliphatic heterocycles. The monoisotopic (exact) mass is 459 g/mol. The normalized spacial score (nSPS) is 10.8. The fourth-order valence-corrected chi connectivity index (χ4v) is 3.79. The number of ether oxygens (including phenoxy) is 2. The second-order valence-corrected chi connectivity index (χ2v) is 7.63. The summed E-state index contributed by atoms with van der Waals surface area (Å²) in [5, 5.41) is 11.2. The predicted octanol–water partition coefficient (Wildman–Crippen LogP) is 4.13. The average molecular weight is 459 g/mol. The van der Waals surface area contributed by atoms with E-state index in [-0.39, 0.29) is 34.9 Å². The lowest BCUT2D eigenvalue weighted by atomic mass is 10.0. The molecular formula is C25H21N3O6. The first-order chi connectivity index (χ1) is 16.3. The number of carbonyl (C=O) groups excluding carboxylic acids is 2. The summed E-state index contributed by atoms with van der Waals surface area (Å²) in [6.45, 7) is 1.67. The molecule has 0 atom stereocenters. The fourth-order valence-electron chi connectivity index (χ4n) is 3.79. The molecule has 0 fully saturated rings. The number of rotatable bonds is 7. The Kier molecular flexibility index (Phi) is 6.01. The van der Waals surface area contributed by atoms with Crippen LogP contribution in [-0.4, -0.2) is 28.2 Å². The molecule has 2 N–H and O–H groups in total. The summed E-state index contributed by atoms with van der Waals surface area (Å²) in [6, 6.07) is 16.3. The number of nitrogens with two attached hydrogens (primary N) is 1. The van der Waals surface area contributed by atoms with Crippen LogP contribution in [0.25, 0.3) is 5.52 Å². The molecule has 0 aliphatic carbocycles. The van der Waals surface area contributed by atoms with Gasteiger partial charge in [-0.25, -0.2) is 0 Å². The lowest BCUT2D eigenvalue weighted by Gasteiger charge is -2.07. The standard InChI is InChI=1S/C25H21N3O6/c1-15-23(24(30)17-8-9-19(28(31)32)21(13-17)33-2)27-11-10-18(26)14-20(27)25(15)34-22(29)12-16-6-4-3-5-7-16/h3-11,13-14H,12,26H2,1-2H3. The molecule has 4 aromatic rings. The molecule has 0 saturated heterocycles. The molecule has 172 valence electrons. The maximum Gasteiger partial charge on any atom is 0.315 e. The predicted molar refractivity (Wildman–Crippen MR) is 125 cm³/mol. The van der Waals surface area contributed by atoms with E-state index in [0.29, 0.717) is 16.8 Å². The molecule has 34 heavy (non-hydrogen) atoms. The molecule has 9 nitrogen and oxygen atoms in total. The molecule has 0 saturated carbocycles. The van der Waals surface area contributed by atoms with Crippen LogP contribution in [0.5, 0.6) is 11.5 Å². The number of benzene rings is 2. The third-order valence-electron chi connectivity index (χ3n) is 5.41. The van der Waals surface area contributed by atoms with Crippen molar-refractivity contribution in [1.82, 2.24) is 4.40 Å². The Morgan fingerprint density at radius 2 is 1.82 bits per heavy atom. The minimum absolute atomic E-state index is 0.0341. The van der Waals surface area contributed by atoms with Crippen molar-refractivity contribution in [1.29, 1.82) is 0 Å². The first kappa shape index (κ1) is 22.5. The number of fused-ring (bicyclic) bond motifs is 1. The Morgan fingerprint density at radius 1 is 1.09 bits per heavy atom. The van der Waals surface area contributed by atoms with E-state index in [1.54, 1.807) is 29.7 Å². The van der Waals surface area contributed by atoms with Crippen LogP contribution in [0.15, 0.2) is 66.9 Å². The molecule has 9 heteroatoms. The van der Waals surface area contributed by atoms with Gasteiger partial charge in [0.2, 0.25) is 5.78 Å². The summed E-state index contributed by atoms with van der Waals surface area (Å²) < 4.78 is 12.4. The smallest absolute Gasteiger partial charge is 0.315 e. The topological polar surface area (TPSA) is 126 Å². The number of ketones is 1. The van der Waals surface area contributed by atoms with Crippen molar-refractivity contribution in [2.24, 2.45) is 0 Å². The highest BCUT2D eigenvalue weighted by Gasteiger charge is 2.26. The van der Waals surface area contributed by atoms with Gasteiger partial charge in [-0.1, -0.05) is 30.3 Å². The van der Waals surface area contributed by atoms with Crippen LogP contribution in [0.4, 0.5) is 11.4 Å². The van der Waals surface area contributed by atoms with Crippen molar-refractivity contribution in [3.63, 3.8) is 0 Å². The molecule has 2 aromatic carbocycles. The van der Waals surface area contributed by atoms with E-state index in [4.69, 9.17) is 15.2 Å². The molecular weight excluding hydrogens is 438 g/mol. The number of methoxy groups -OCH3 is 1. The second-order valence-electron chi connectivity index (χ2n) is 7.63. The number of aromatic nitrogens is 1. The molecule has 0 spiro atoms. The van der Waals surface area contributed by atoms with E-state index >= 15 is 0 Å². The van der Waals surface area contributed by atoms with Gasteiger partial charge in [0.05, 0.1) is 24.0 Å². The Labute approximate surface area is 194 Å². The van der Waals surface area contributed by atoms with Crippen LogP contribution in [0.3, 0.4) is 0 Å². The Bertz CT molecular complexity index is 1430. The van der Waals surface area contributed by atoms with Crippen LogP contribution in [0.2, 0.25) is 0 Å². The number of nitrogens with zero attached hydrogens (tertiary/aromatic N) is 2. The zero-order valence-electron chi connectivity index (χ0n) is 18.5. The molecule has 0 bridgehead atoms. The SMILES string of the molecule is COc1cc(C(=O)c2c(C)c(OC(=O)Cc3ccccc3)c3cc(N)ccn23)ccc1[N+](=O)[O-]. The van der Waals surface area contributed by atoms with Crippen molar-refractivity contribution in [2.45, 2.75) is 13.3 Å². The number of esters is 1. The largest absolute Gasteiger partial charge is 0.490 e. The van der Waals surface area contributed by atoms with E-state index in [1.807, 2.05) is 30.3 Å². The summed E-state index contributed by atoms with van der Waals surface area (Å²) in [6.07, 6.45) is 1.67. The van der Waals surface area contributed by atoms with Crippen molar-refractivity contribution >= 4 is 28.6 Å². The van der Waals surface area contributed by atoms with E-state index in [0.717, 1.165) is 5.56 Å². The fraction of sp³-hybridized carbons (Fsp3) is 0.120. The van der Waals surface area contributed by atoms with Gasteiger partial charge in [0.15, 0.2) is 11.5 Å². The summed E-state index contributed by atoms with van der Waals surface area (Å²) in [5.74, 6) is -0.713. The molecule has 0 radical (unpaired) electrons. The van der Waals surface area contributed by atoms with Gasteiger partial charge in [-0.05, 0) is 36.8 Å². The molecule has 2 heterocycles. The van der Waals surface area contributed by atoms with E-state index in [2.05, 4.69) is 0 Å². The van der Waals surface area contributed by atoms with Gasteiger partial charge in [0, 0.05) is 29.1 Å². The summed E-state index contributed by atoms with van der Waals surface area (Å²) >= 11 is 0. The van der Waals surface area contributed by atoms with Gasteiger partial charge >= 0.3 is 11.7 Å². The van der Waals surface area contributed by atoms with Crippen LogP contribution in [0, 0.1) is 17.0 Å².